The van der Waals surface area contributed by atoms with Crippen molar-refractivity contribution in [1.29, 1.82) is 0 Å². The summed E-state index contributed by atoms with van der Waals surface area (Å²) in [5, 5.41) is 14.7. The van der Waals surface area contributed by atoms with Gasteiger partial charge in [0.2, 0.25) is 0 Å². The van der Waals surface area contributed by atoms with Crippen molar-refractivity contribution in [2.75, 3.05) is 5.32 Å². The molecule has 0 bridgehead atoms. The Kier molecular flexibility index (Phi) is 4.32. The fraction of sp³-hybridized carbons (Fsp3) is 0.429. The van der Waals surface area contributed by atoms with E-state index >= 15 is 0 Å². The minimum atomic E-state index is -1.08. The van der Waals surface area contributed by atoms with Gasteiger partial charge in [-0.25, -0.2) is 9.59 Å². The van der Waals surface area contributed by atoms with Gasteiger partial charge in [0.15, 0.2) is 0 Å². The highest BCUT2D eigenvalue weighted by Gasteiger charge is 2.30. The lowest BCUT2D eigenvalue weighted by Gasteiger charge is -2.25. The molecule has 1 aromatic carbocycles. The van der Waals surface area contributed by atoms with Crippen molar-refractivity contribution in [3.05, 3.63) is 28.2 Å². The molecule has 0 heterocycles. The molecule has 0 spiro atoms. The van der Waals surface area contributed by atoms with Gasteiger partial charge in [0.25, 0.3) is 0 Å². The molecule has 1 aliphatic carbocycles. The summed E-state index contributed by atoms with van der Waals surface area (Å²) in [5.74, 6) is -1.08. The van der Waals surface area contributed by atoms with Crippen LogP contribution in [0.3, 0.4) is 0 Å². The van der Waals surface area contributed by atoms with E-state index in [1.807, 2.05) is 6.92 Å². The summed E-state index contributed by atoms with van der Waals surface area (Å²) in [4.78, 5) is 23.2. The topological polar surface area (TPSA) is 78.4 Å². The normalized spacial score (nSPS) is 16.7. The predicted octanol–water partition coefficient (Wildman–Crippen LogP) is 3.60. The predicted molar refractivity (Wildman–Crippen MR) is 80.1 cm³/mol. The number of carbonyl (C=O) groups excluding carboxylic acids is 1. The SMILES string of the molecule is CC1(NC(=O)Nc2c(Br)cccc2C(=O)O)CCCC1. The summed E-state index contributed by atoms with van der Waals surface area (Å²) in [6, 6.07) is 4.40. The summed E-state index contributed by atoms with van der Waals surface area (Å²) in [6.07, 6.45) is 4.10. The summed E-state index contributed by atoms with van der Waals surface area (Å²) < 4.78 is 0.545. The minimum Gasteiger partial charge on any atom is -0.478 e. The molecule has 20 heavy (non-hydrogen) atoms. The number of anilines is 1. The van der Waals surface area contributed by atoms with Gasteiger partial charge in [0, 0.05) is 10.0 Å². The van der Waals surface area contributed by atoms with Gasteiger partial charge < -0.3 is 15.7 Å². The molecule has 0 aromatic heterocycles. The lowest BCUT2D eigenvalue weighted by Crippen LogP contribution is -2.45. The van der Waals surface area contributed by atoms with Gasteiger partial charge in [-0.05, 0) is 47.8 Å². The fourth-order valence-corrected chi connectivity index (χ4v) is 2.99. The second-order valence-electron chi connectivity index (χ2n) is 5.31. The van der Waals surface area contributed by atoms with E-state index in [1.54, 1.807) is 12.1 Å². The monoisotopic (exact) mass is 340 g/mol. The molecule has 1 aliphatic rings. The highest BCUT2D eigenvalue weighted by Crippen LogP contribution is 2.30. The molecule has 108 valence electrons. The number of aromatic carboxylic acids is 1. The zero-order valence-electron chi connectivity index (χ0n) is 11.2. The van der Waals surface area contributed by atoms with Crippen LogP contribution in [0.2, 0.25) is 0 Å². The Balaban J connectivity index is 2.13. The highest BCUT2D eigenvalue weighted by molar-refractivity contribution is 9.10. The van der Waals surface area contributed by atoms with Crippen molar-refractivity contribution in [3.63, 3.8) is 0 Å². The first-order valence-electron chi connectivity index (χ1n) is 6.52. The number of carboxylic acids is 1. The van der Waals surface area contributed by atoms with Gasteiger partial charge >= 0.3 is 12.0 Å². The first-order valence-corrected chi connectivity index (χ1v) is 7.31. The Morgan fingerprint density at radius 2 is 1.95 bits per heavy atom. The van der Waals surface area contributed by atoms with Crippen LogP contribution < -0.4 is 10.6 Å². The van der Waals surface area contributed by atoms with Crippen molar-refractivity contribution in [3.8, 4) is 0 Å². The maximum Gasteiger partial charge on any atom is 0.337 e. The number of amides is 2. The van der Waals surface area contributed by atoms with Gasteiger partial charge in [-0.1, -0.05) is 18.9 Å². The van der Waals surface area contributed by atoms with Crippen molar-refractivity contribution in [2.45, 2.75) is 38.1 Å². The Morgan fingerprint density at radius 1 is 1.30 bits per heavy atom. The molecular weight excluding hydrogens is 324 g/mol. The van der Waals surface area contributed by atoms with Crippen LogP contribution in [0.5, 0.6) is 0 Å². The van der Waals surface area contributed by atoms with E-state index in [0.717, 1.165) is 25.7 Å². The zero-order chi connectivity index (χ0) is 14.8. The van der Waals surface area contributed by atoms with Gasteiger partial charge in [-0.3, -0.25) is 0 Å². The van der Waals surface area contributed by atoms with Crippen LogP contribution in [0.4, 0.5) is 10.5 Å². The molecular formula is C14H17BrN2O3. The van der Waals surface area contributed by atoms with Crippen LogP contribution in [0.1, 0.15) is 43.0 Å². The first-order chi connectivity index (χ1) is 9.41. The second kappa shape index (κ2) is 5.83. The number of halogens is 1. The lowest BCUT2D eigenvalue weighted by atomic mass is 10.0. The van der Waals surface area contributed by atoms with E-state index in [0.29, 0.717) is 4.47 Å². The van der Waals surface area contributed by atoms with E-state index < -0.39 is 5.97 Å². The van der Waals surface area contributed by atoms with E-state index in [1.165, 1.54) is 6.07 Å². The summed E-state index contributed by atoms with van der Waals surface area (Å²) in [7, 11) is 0. The standard InChI is InChI=1S/C14H17BrN2O3/c1-14(7-2-3-8-14)17-13(20)16-11-9(12(18)19)5-4-6-10(11)15/h4-6H,2-3,7-8H2,1H3,(H,18,19)(H2,16,17,20). The summed E-state index contributed by atoms with van der Waals surface area (Å²) in [6.45, 7) is 2.01. The molecule has 2 amide bonds. The van der Waals surface area contributed by atoms with Crippen LogP contribution in [0.25, 0.3) is 0 Å². The molecule has 0 saturated heterocycles. The van der Waals surface area contributed by atoms with Gasteiger partial charge in [-0.15, -0.1) is 0 Å². The van der Waals surface area contributed by atoms with E-state index in [2.05, 4.69) is 26.6 Å². The number of nitrogens with one attached hydrogen (secondary N) is 2. The highest BCUT2D eigenvalue weighted by atomic mass is 79.9. The summed E-state index contributed by atoms with van der Waals surface area (Å²) in [5.41, 5.74) is 0.138. The molecule has 0 atom stereocenters. The maximum absolute atomic E-state index is 12.1. The van der Waals surface area contributed by atoms with Crippen LogP contribution in [0.15, 0.2) is 22.7 Å². The number of benzene rings is 1. The number of urea groups is 1. The van der Waals surface area contributed by atoms with Crippen LogP contribution >= 0.6 is 15.9 Å². The number of carboxylic acid groups (broad SMARTS) is 1. The molecule has 1 fully saturated rings. The fourth-order valence-electron chi connectivity index (χ4n) is 2.53. The number of carbonyl (C=O) groups is 2. The number of hydrogen-bond donors (Lipinski definition) is 3. The molecule has 0 unspecified atom stereocenters. The molecule has 6 heteroatoms. The first kappa shape index (κ1) is 14.8. The Labute approximate surface area is 125 Å². The minimum absolute atomic E-state index is 0.0612. The quantitative estimate of drug-likeness (QED) is 0.786. The third-order valence-corrected chi connectivity index (χ3v) is 4.27. The average molecular weight is 341 g/mol. The van der Waals surface area contributed by atoms with Gasteiger partial charge in [0.05, 0.1) is 11.3 Å². The average Bonchev–Trinajstić information content (AvgIpc) is 2.77. The van der Waals surface area contributed by atoms with E-state index in [-0.39, 0.29) is 22.8 Å². The lowest BCUT2D eigenvalue weighted by molar-refractivity contribution is 0.0698. The van der Waals surface area contributed by atoms with Gasteiger partial charge in [-0.2, -0.15) is 0 Å². The molecule has 0 aliphatic heterocycles. The van der Waals surface area contributed by atoms with Crippen LogP contribution in [-0.2, 0) is 0 Å². The Bertz CT molecular complexity index is 539. The third-order valence-electron chi connectivity index (χ3n) is 3.60. The number of rotatable bonds is 3. The van der Waals surface area contributed by atoms with E-state index in [4.69, 9.17) is 5.11 Å². The smallest absolute Gasteiger partial charge is 0.337 e. The third kappa shape index (κ3) is 3.30. The Hall–Kier alpha value is -1.56. The molecule has 1 saturated carbocycles. The van der Waals surface area contributed by atoms with Gasteiger partial charge in [0.1, 0.15) is 0 Å². The van der Waals surface area contributed by atoms with Crippen molar-refractivity contribution in [2.24, 2.45) is 0 Å². The Morgan fingerprint density at radius 3 is 2.55 bits per heavy atom. The molecule has 5 nitrogen and oxygen atoms in total. The second-order valence-corrected chi connectivity index (χ2v) is 6.17. The van der Waals surface area contributed by atoms with E-state index in [9.17, 15) is 9.59 Å². The largest absolute Gasteiger partial charge is 0.478 e. The van der Waals surface area contributed by atoms with Crippen LogP contribution in [-0.4, -0.2) is 22.6 Å². The van der Waals surface area contributed by atoms with Crippen LogP contribution in [0, 0.1) is 0 Å². The van der Waals surface area contributed by atoms with Crippen molar-refractivity contribution < 1.29 is 14.7 Å². The van der Waals surface area contributed by atoms with Crippen molar-refractivity contribution in [1.82, 2.24) is 5.32 Å². The number of hydrogen-bond acceptors (Lipinski definition) is 2. The zero-order valence-corrected chi connectivity index (χ0v) is 12.8. The molecule has 1 aromatic rings. The summed E-state index contributed by atoms with van der Waals surface area (Å²) >= 11 is 3.26. The molecule has 2 rings (SSSR count). The van der Waals surface area contributed by atoms with Crippen molar-refractivity contribution >= 4 is 33.6 Å². The number of para-hydroxylation sites is 1. The molecule has 0 radical (unpaired) electrons. The maximum atomic E-state index is 12.1. The molecule has 3 N–H and O–H groups in total.